The Labute approximate surface area is 198 Å². The molecule has 0 amide bonds. The summed E-state index contributed by atoms with van der Waals surface area (Å²) in [6, 6.07) is 14.3. The van der Waals surface area contributed by atoms with Crippen molar-refractivity contribution in [1.82, 2.24) is 0 Å². The molecule has 0 aromatic heterocycles. The third kappa shape index (κ3) is 5.36. The van der Waals surface area contributed by atoms with Gasteiger partial charge >= 0.3 is 5.97 Å². The molecule has 0 unspecified atom stereocenters. The summed E-state index contributed by atoms with van der Waals surface area (Å²) in [4.78, 5) is 23.5. The predicted molar refractivity (Wildman–Crippen MR) is 120 cm³/mol. The number of carbonyl (C=O) groups excluding carboxylic acids is 1. The van der Waals surface area contributed by atoms with Gasteiger partial charge in [0.05, 0.1) is 11.5 Å². The number of ether oxygens (including phenoxy) is 4. The Morgan fingerprint density at radius 2 is 1.88 bits per heavy atom. The van der Waals surface area contributed by atoms with E-state index in [-0.39, 0.29) is 37.9 Å². The first-order chi connectivity index (χ1) is 15.9. The number of nitro groups is 1. The molecule has 0 saturated heterocycles. The molecule has 1 aliphatic rings. The van der Waals surface area contributed by atoms with Gasteiger partial charge in [0.25, 0.3) is 5.69 Å². The van der Waals surface area contributed by atoms with Crippen molar-refractivity contribution in [2.45, 2.75) is 19.8 Å². The SMILES string of the molecule is O=C(OCc1cc([N+](=O)[O-])cc2c1OCOC2)c1ccccc1OCc1ccc(Cl)cc1Cl. The van der Waals surface area contributed by atoms with E-state index in [1.54, 1.807) is 42.5 Å². The van der Waals surface area contributed by atoms with Gasteiger partial charge in [-0.05, 0) is 24.3 Å². The number of para-hydroxylation sites is 1. The molecule has 3 aromatic carbocycles. The van der Waals surface area contributed by atoms with Crippen LogP contribution in [0.15, 0.2) is 54.6 Å². The number of carbonyl (C=O) groups is 1. The lowest BCUT2D eigenvalue weighted by Crippen LogP contribution is -2.15. The molecule has 1 aliphatic heterocycles. The molecule has 0 N–H and O–H groups in total. The van der Waals surface area contributed by atoms with E-state index < -0.39 is 10.9 Å². The molecule has 0 saturated carbocycles. The number of rotatable bonds is 7. The van der Waals surface area contributed by atoms with Crippen molar-refractivity contribution in [2.75, 3.05) is 6.79 Å². The highest BCUT2D eigenvalue weighted by Crippen LogP contribution is 2.33. The zero-order chi connectivity index (χ0) is 23.4. The van der Waals surface area contributed by atoms with Crippen LogP contribution in [0, 0.1) is 10.1 Å². The minimum atomic E-state index is -0.653. The molecule has 0 radical (unpaired) electrons. The van der Waals surface area contributed by atoms with Crippen molar-refractivity contribution >= 4 is 34.9 Å². The number of nitro benzene ring substituents is 1. The lowest BCUT2D eigenvalue weighted by Gasteiger charge is -2.20. The number of hydrogen-bond acceptors (Lipinski definition) is 7. The number of hydrogen-bond donors (Lipinski definition) is 0. The predicted octanol–water partition coefficient (Wildman–Crippen LogP) is 5.70. The maximum absolute atomic E-state index is 12.8. The van der Waals surface area contributed by atoms with Crippen LogP contribution < -0.4 is 9.47 Å². The zero-order valence-corrected chi connectivity index (χ0v) is 18.6. The van der Waals surface area contributed by atoms with E-state index in [2.05, 4.69) is 0 Å². The first-order valence-electron chi connectivity index (χ1n) is 9.76. The van der Waals surface area contributed by atoms with Crippen LogP contribution in [0.1, 0.15) is 27.0 Å². The minimum Gasteiger partial charge on any atom is -0.488 e. The van der Waals surface area contributed by atoms with E-state index >= 15 is 0 Å². The molecule has 3 aromatic rings. The number of non-ortho nitro benzene ring substituents is 1. The van der Waals surface area contributed by atoms with Crippen LogP contribution in [0.5, 0.6) is 11.5 Å². The number of esters is 1. The van der Waals surface area contributed by atoms with Gasteiger partial charge in [-0.2, -0.15) is 0 Å². The van der Waals surface area contributed by atoms with Crippen molar-refractivity contribution < 1.29 is 28.7 Å². The van der Waals surface area contributed by atoms with E-state index in [1.165, 1.54) is 12.1 Å². The van der Waals surface area contributed by atoms with Crippen LogP contribution in [0.3, 0.4) is 0 Å². The fraction of sp³-hybridized carbons (Fsp3) is 0.174. The maximum Gasteiger partial charge on any atom is 0.342 e. The van der Waals surface area contributed by atoms with Crippen LogP contribution in [-0.4, -0.2) is 17.7 Å². The Balaban J connectivity index is 1.50. The number of fused-ring (bicyclic) bond motifs is 1. The summed E-state index contributed by atoms with van der Waals surface area (Å²) in [6.45, 7) is 0.0737. The molecular formula is C23H17Cl2NO7. The molecule has 1 heterocycles. The van der Waals surface area contributed by atoms with E-state index in [0.717, 1.165) is 0 Å². The summed E-state index contributed by atoms with van der Waals surface area (Å²) in [5, 5.41) is 12.2. The molecular weight excluding hydrogens is 473 g/mol. The lowest BCUT2D eigenvalue weighted by atomic mass is 10.1. The van der Waals surface area contributed by atoms with Gasteiger partial charge in [0, 0.05) is 38.9 Å². The second-order valence-electron chi connectivity index (χ2n) is 7.06. The first-order valence-corrected chi connectivity index (χ1v) is 10.5. The lowest BCUT2D eigenvalue weighted by molar-refractivity contribution is -0.385. The molecule has 0 spiro atoms. The fourth-order valence-electron chi connectivity index (χ4n) is 3.27. The Kier molecular flexibility index (Phi) is 6.98. The summed E-state index contributed by atoms with van der Waals surface area (Å²) in [5.41, 5.74) is 1.66. The average molecular weight is 490 g/mol. The van der Waals surface area contributed by atoms with Gasteiger partial charge in [0.1, 0.15) is 30.3 Å². The molecule has 0 bridgehead atoms. The first kappa shape index (κ1) is 22.8. The summed E-state index contributed by atoms with van der Waals surface area (Å²) >= 11 is 12.1. The summed E-state index contributed by atoms with van der Waals surface area (Å²) in [6.07, 6.45) is 0. The van der Waals surface area contributed by atoms with Crippen LogP contribution in [0.2, 0.25) is 10.0 Å². The molecule has 4 rings (SSSR count). The average Bonchev–Trinajstić information content (AvgIpc) is 2.81. The smallest absolute Gasteiger partial charge is 0.342 e. The number of halogens is 2. The minimum absolute atomic E-state index is 0.00961. The van der Waals surface area contributed by atoms with Gasteiger partial charge in [-0.3, -0.25) is 10.1 Å². The van der Waals surface area contributed by atoms with Gasteiger partial charge in [0.15, 0.2) is 6.79 Å². The van der Waals surface area contributed by atoms with Crippen molar-refractivity contribution in [3.8, 4) is 11.5 Å². The standard InChI is InChI=1S/C23H17Cl2NO7/c24-17-6-5-14(20(25)9-17)11-31-21-4-2-1-3-19(21)23(27)32-12-16-8-18(26(28)29)7-15-10-30-13-33-22(15)16/h1-9H,10-13H2. The molecule has 0 atom stereocenters. The Hall–Kier alpha value is -3.33. The maximum atomic E-state index is 12.8. The monoisotopic (exact) mass is 489 g/mol. The second-order valence-corrected chi connectivity index (χ2v) is 7.90. The van der Waals surface area contributed by atoms with Crippen molar-refractivity contribution in [3.05, 3.63) is 97.0 Å². The Morgan fingerprint density at radius 3 is 2.67 bits per heavy atom. The van der Waals surface area contributed by atoms with Gasteiger partial charge in [0.2, 0.25) is 0 Å². The highest BCUT2D eigenvalue weighted by Gasteiger charge is 2.22. The molecule has 10 heteroatoms. The van der Waals surface area contributed by atoms with E-state index in [9.17, 15) is 14.9 Å². The number of benzene rings is 3. The van der Waals surface area contributed by atoms with Gasteiger partial charge in [-0.1, -0.05) is 41.4 Å². The van der Waals surface area contributed by atoms with E-state index in [1.807, 2.05) is 0 Å². The summed E-state index contributed by atoms with van der Waals surface area (Å²) < 4.78 is 21.9. The molecule has 0 aliphatic carbocycles. The molecule has 0 fully saturated rings. The highest BCUT2D eigenvalue weighted by atomic mass is 35.5. The summed E-state index contributed by atoms with van der Waals surface area (Å²) in [5.74, 6) is 0.0703. The van der Waals surface area contributed by atoms with Crippen LogP contribution in [0.25, 0.3) is 0 Å². The van der Waals surface area contributed by atoms with Crippen LogP contribution >= 0.6 is 23.2 Å². The molecule has 33 heavy (non-hydrogen) atoms. The Morgan fingerprint density at radius 1 is 1.06 bits per heavy atom. The van der Waals surface area contributed by atoms with Gasteiger partial charge in [-0.25, -0.2) is 4.79 Å². The molecule has 170 valence electrons. The quantitative estimate of drug-likeness (QED) is 0.238. The van der Waals surface area contributed by atoms with E-state index in [4.69, 9.17) is 42.1 Å². The second kappa shape index (κ2) is 10.1. The zero-order valence-electron chi connectivity index (χ0n) is 17.1. The largest absolute Gasteiger partial charge is 0.488 e. The highest BCUT2D eigenvalue weighted by molar-refractivity contribution is 6.35. The van der Waals surface area contributed by atoms with Gasteiger partial charge in [-0.15, -0.1) is 0 Å². The molecule has 8 nitrogen and oxygen atoms in total. The Bertz CT molecular complexity index is 1220. The summed E-state index contributed by atoms with van der Waals surface area (Å²) in [7, 11) is 0. The van der Waals surface area contributed by atoms with Gasteiger partial charge < -0.3 is 18.9 Å². The normalized spacial score (nSPS) is 12.4. The topological polar surface area (TPSA) is 97.1 Å². The van der Waals surface area contributed by atoms with Crippen LogP contribution in [0.4, 0.5) is 5.69 Å². The van der Waals surface area contributed by atoms with Crippen molar-refractivity contribution in [3.63, 3.8) is 0 Å². The third-order valence-corrected chi connectivity index (χ3v) is 5.43. The fourth-order valence-corrected chi connectivity index (χ4v) is 3.73. The van der Waals surface area contributed by atoms with Crippen LogP contribution in [-0.2, 0) is 29.3 Å². The van der Waals surface area contributed by atoms with Crippen molar-refractivity contribution in [1.29, 1.82) is 0 Å². The number of nitrogens with zero attached hydrogens (tertiary/aromatic N) is 1. The van der Waals surface area contributed by atoms with Crippen molar-refractivity contribution in [2.24, 2.45) is 0 Å². The third-order valence-electron chi connectivity index (χ3n) is 4.85. The van der Waals surface area contributed by atoms with E-state index in [0.29, 0.717) is 38.2 Å².